The number of hydroxylamine groups is 1. The maximum atomic E-state index is 11.9. The number of nitriles is 1. The van der Waals surface area contributed by atoms with Gasteiger partial charge in [-0.3, -0.25) is 9.63 Å². The Kier molecular flexibility index (Phi) is 8.85. The van der Waals surface area contributed by atoms with E-state index in [1.165, 1.54) is 18.9 Å². The molecule has 0 spiro atoms. The van der Waals surface area contributed by atoms with Gasteiger partial charge >= 0.3 is 0 Å². The van der Waals surface area contributed by atoms with E-state index >= 15 is 0 Å². The smallest absolute Gasteiger partial charge is 0.274 e. The van der Waals surface area contributed by atoms with Gasteiger partial charge in [0.1, 0.15) is 11.6 Å². The van der Waals surface area contributed by atoms with Gasteiger partial charge in [0.25, 0.3) is 5.91 Å². The number of aromatic nitrogens is 2. The summed E-state index contributed by atoms with van der Waals surface area (Å²) in [7, 11) is 1.36. The van der Waals surface area contributed by atoms with Crippen LogP contribution < -0.4 is 10.8 Å². The molecule has 0 saturated heterocycles. The molecule has 1 aromatic carbocycles. The fraction of sp³-hybridized carbons (Fsp3) is 0.294. The van der Waals surface area contributed by atoms with Crippen LogP contribution in [0, 0.1) is 18.3 Å². The highest BCUT2D eigenvalue weighted by molar-refractivity contribution is 7.98. The molecule has 0 aliphatic rings. The summed E-state index contributed by atoms with van der Waals surface area (Å²) < 4.78 is 0. The minimum Gasteiger partial charge on any atom is -0.339 e. The quantitative estimate of drug-likeness (QED) is 0.341. The SMILES string of the molecule is CC.CONC(=O)c1ccc(C)c(Nc2nc(SC)nc(Cl)c2C#N)c1. The molecule has 0 bridgehead atoms. The number of nitrogens with one attached hydrogen (secondary N) is 2. The highest BCUT2D eigenvalue weighted by Crippen LogP contribution is 2.28. The normalized spacial score (nSPS) is 9.58. The molecule has 9 heteroatoms. The van der Waals surface area contributed by atoms with Crippen LogP contribution in [0.1, 0.15) is 35.3 Å². The van der Waals surface area contributed by atoms with Crippen molar-refractivity contribution in [2.75, 3.05) is 18.7 Å². The van der Waals surface area contributed by atoms with Crippen LogP contribution in [0.15, 0.2) is 23.4 Å². The largest absolute Gasteiger partial charge is 0.339 e. The fourth-order valence-electron chi connectivity index (χ4n) is 1.87. The second kappa shape index (κ2) is 10.6. The van der Waals surface area contributed by atoms with E-state index in [0.717, 1.165) is 5.56 Å². The van der Waals surface area contributed by atoms with Crippen LogP contribution in [0.2, 0.25) is 5.15 Å². The van der Waals surface area contributed by atoms with E-state index in [0.29, 0.717) is 16.4 Å². The monoisotopic (exact) mass is 393 g/mol. The van der Waals surface area contributed by atoms with Crippen LogP contribution in [0.3, 0.4) is 0 Å². The summed E-state index contributed by atoms with van der Waals surface area (Å²) in [5, 5.41) is 12.8. The second-order valence-electron chi connectivity index (χ2n) is 4.63. The zero-order valence-corrected chi connectivity index (χ0v) is 16.7. The number of aryl methyl sites for hydroxylation is 1. The molecule has 1 amide bonds. The standard InChI is InChI=1S/C15H14ClN5O2S.C2H6/c1-8-4-5-9(14(22)21-23-2)6-11(8)18-13-10(7-17)12(16)19-15(20-13)24-3;1-2/h4-6H,1-3H3,(H,21,22)(H,18,19,20);1-2H3. The first kappa shape index (κ1) is 21.7. The summed E-state index contributed by atoms with van der Waals surface area (Å²) in [6, 6.07) is 7.07. The Balaban J connectivity index is 0.00000163. The molecule has 0 unspecified atom stereocenters. The Morgan fingerprint density at radius 1 is 1.35 bits per heavy atom. The zero-order valence-electron chi connectivity index (χ0n) is 15.2. The Labute approximate surface area is 162 Å². The average Bonchev–Trinajstić information content (AvgIpc) is 2.65. The Hall–Kier alpha value is -2.34. The van der Waals surface area contributed by atoms with Crippen LogP contribution in [0.5, 0.6) is 0 Å². The summed E-state index contributed by atoms with van der Waals surface area (Å²) in [5.74, 6) is -0.0965. The van der Waals surface area contributed by atoms with Gasteiger partial charge in [-0.25, -0.2) is 15.4 Å². The number of anilines is 2. The summed E-state index contributed by atoms with van der Waals surface area (Å²) in [5.41, 5.74) is 4.28. The number of rotatable bonds is 5. The predicted molar refractivity (Wildman–Crippen MR) is 104 cm³/mol. The Bertz CT molecular complexity index is 824. The van der Waals surface area contributed by atoms with Gasteiger partial charge in [0.2, 0.25) is 0 Å². The second-order valence-corrected chi connectivity index (χ2v) is 5.76. The molecule has 0 saturated carbocycles. The number of thioether (sulfide) groups is 1. The molecule has 2 N–H and O–H groups in total. The number of carbonyl (C=O) groups is 1. The van der Waals surface area contributed by atoms with Gasteiger partial charge in [-0.2, -0.15) is 5.26 Å². The lowest BCUT2D eigenvalue weighted by molar-refractivity contribution is 0.0537. The molecule has 2 aromatic rings. The summed E-state index contributed by atoms with van der Waals surface area (Å²) in [6.07, 6.45) is 1.81. The Morgan fingerprint density at radius 2 is 2.04 bits per heavy atom. The Morgan fingerprint density at radius 3 is 2.62 bits per heavy atom. The van der Waals surface area contributed by atoms with Crippen molar-refractivity contribution < 1.29 is 9.63 Å². The summed E-state index contributed by atoms with van der Waals surface area (Å²) in [4.78, 5) is 24.8. The summed E-state index contributed by atoms with van der Waals surface area (Å²) >= 11 is 7.34. The lowest BCUT2D eigenvalue weighted by atomic mass is 10.1. The number of hydrogen-bond donors (Lipinski definition) is 2. The van der Waals surface area contributed by atoms with Crippen molar-refractivity contribution in [2.24, 2.45) is 0 Å². The minimum absolute atomic E-state index is 0.0743. The van der Waals surface area contributed by atoms with E-state index in [1.807, 2.05) is 33.1 Å². The summed E-state index contributed by atoms with van der Waals surface area (Å²) in [6.45, 7) is 5.87. The van der Waals surface area contributed by atoms with Crippen molar-refractivity contribution in [1.29, 1.82) is 5.26 Å². The first-order valence-electron chi connectivity index (χ1n) is 7.72. The molecular formula is C17H20ClN5O2S. The van der Waals surface area contributed by atoms with Crippen LogP contribution >= 0.6 is 23.4 Å². The number of benzene rings is 1. The van der Waals surface area contributed by atoms with Crippen molar-refractivity contribution in [1.82, 2.24) is 15.4 Å². The molecule has 0 fully saturated rings. The predicted octanol–water partition coefficient (Wildman–Crippen LogP) is 4.09. The first-order valence-corrected chi connectivity index (χ1v) is 9.33. The third kappa shape index (κ3) is 5.33. The minimum atomic E-state index is -0.383. The average molecular weight is 394 g/mol. The lowest BCUT2D eigenvalue weighted by Gasteiger charge is -2.13. The number of carbonyl (C=O) groups excluding carboxylic acids is 1. The maximum absolute atomic E-state index is 11.9. The van der Waals surface area contributed by atoms with Gasteiger partial charge in [0, 0.05) is 11.3 Å². The third-order valence-electron chi connectivity index (χ3n) is 3.09. The molecule has 7 nitrogen and oxygen atoms in total. The van der Waals surface area contributed by atoms with E-state index in [9.17, 15) is 10.1 Å². The van der Waals surface area contributed by atoms with Crippen molar-refractivity contribution in [3.8, 4) is 6.07 Å². The topological polar surface area (TPSA) is 99.9 Å². The number of hydrogen-bond acceptors (Lipinski definition) is 7. The molecule has 0 atom stereocenters. The van der Waals surface area contributed by atoms with Gasteiger partial charge in [0.05, 0.1) is 7.11 Å². The zero-order chi connectivity index (χ0) is 19.7. The van der Waals surface area contributed by atoms with Crippen LogP contribution in [0.4, 0.5) is 11.5 Å². The molecule has 0 radical (unpaired) electrons. The fourth-order valence-corrected chi connectivity index (χ4v) is 2.50. The van der Waals surface area contributed by atoms with E-state index in [-0.39, 0.29) is 22.4 Å². The van der Waals surface area contributed by atoms with Gasteiger partial charge in [0.15, 0.2) is 16.1 Å². The molecule has 26 heavy (non-hydrogen) atoms. The molecular weight excluding hydrogens is 374 g/mol. The molecule has 1 heterocycles. The van der Waals surface area contributed by atoms with Crippen molar-refractivity contribution in [3.05, 3.63) is 40.0 Å². The van der Waals surface area contributed by atoms with Crippen molar-refractivity contribution in [2.45, 2.75) is 25.9 Å². The van der Waals surface area contributed by atoms with Crippen LogP contribution in [-0.4, -0.2) is 29.2 Å². The molecule has 2 rings (SSSR count). The van der Waals surface area contributed by atoms with Gasteiger partial charge in [-0.1, -0.05) is 43.3 Å². The molecule has 1 aromatic heterocycles. The van der Waals surface area contributed by atoms with E-state index in [1.54, 1.807) is 18.2 Å². The van der Waals surface area contributed by atoms with E-state index in [4.69, 9.17) is 11.6 Å². The number of amides is 1. The highest BCUT2D eigenvalue weighted by atomic mass is 35.5. The van der Waals surface area contributed by atoms with Crippen LogP contribution in [-0.2, 0) is 4.84 Å². The van der Waals surface area contributed by atoms with Crippen molar-refractivity contribution >= 4 is 40.8 Å². The number of nitrogens with zero attached hydrogens (tertiary/aromatic N) is 3. The van der Waals surface area contributed by atoms with Gasteiger partial charge in [-0.15, -0.1) is 0 Å². The van der Waals surface area contributed by atoms with Crippen LogP contribution in [0.25, 0.3) is 0 Å². The molecule has 138 valence electrons. The van der Waals surface area contributed by atoms with Gasteiger partial charge < -0.3 is 5.32 Å². The lowest BCUT2D eigenvalue weighted by Crippen LogP contribution is -2.21. The third-order valence-corrected chi connectivity index (χ3v) is 3.91. The molecule has 0 aliphatic heterocycles. The van der Waals surface area contributed by atoms with E-state index < -0.39 is 0 Å². The highest BCUT2D eigenvalue weighted by Gasteiger charge is 2.15. The maximum Gasteiger partial charge on any atom is 0.274 e. The van der Waals surface area contributed by atoms with E-state index in [2.05, 4.69) is 25.6 Å². The van der Waals surface area contributed by atoms with Gasteiger partial charge in [-0.05, 0) is 30.9 Å². The number of halogens is 1. The first-order chi connectivity index (χ1) is 12.5. The van der Waals surface area contributed by atoms with Crippen molar-refractivity contribution in [3.63, 3.8) is 0 Å². The molecule has 0 aliphatic carbocycles.